The van der Waals surface area contributed by atoms with Gasteiger partial charge in [-0.25, -0.2) is 4.98 Å². The second kappa shape index (κ2) is 3.24. The van der Waals surface area contributed by atoms with Crippen molar-refractivity contribution < 1.29 is 0 Å². The Morgan fingerprint density at radius 1 is 1.40 bits per heavy atom. The average Bonchev–Trinajstić information content (AvgIpc) is 2.64. The molecule has 0 saturated carbocycles. The van der Waals surface area contributed by atoms with E-state index in [9.17, 15) is 0 Å². The molecule has 2 aromatic rings. The maximum atomic E-state index is 5.62. The minimum Gasteiger partial charge on any atom is -0.357 e. The summed E-state index contributed by atoms with van der Waals surface area (Å²) in [7, 11) is 0. The zero-order valence-electron chi connectivity index (χ0n) is 8.50. The van der Waals surface area contributed by atoms with Gasteiger partial charge in [0.15, 0.2) is 0 Å². The Kier molecular flexibility index (Phi) is 1.89. The first-order valence-electron chi connectivity index (χ1n) is 5.25. The van der Waals surface area contributed by atoms with Crippen molar-refractivity contribution in [2.75, 3.05) is 24.5 Å². The second-order valence-electron chi connectivity index (χ2n) is 4.05. The number of aromatic nitrogens is 2. The molecule has 4 nitrogen and oxygen atoms in total. The maximum Gasteiger partial charge on any atom is 0.138 e. The lowest BCUT2D eigenvalue weighted by atomic mass is 10.0. The molecule has 2 N–H and O–H groups in total. The van der Waals surface area contributed by atoms with Gasteiger partial charge >= 0.3 is 0 Å². The lowest BCUT2D eigenvalue weighted by Gasteiger charge is -2.40. The van der Waals surface area contributed by atoms with Gasteiger partial charge in [-0.1, -0.05) is 6.07 Å². The van der Waals surface area contributed by atoms with Crippen LogP contribution in [0.5, 0.6) is 0 Å². The third-order valence-electron chi connectivity index (χ3n) is 3.02. The highest BCUT2D eigenvalue weighted by molar-refractivity contribution is 5.52. The zero-order chi connectivity index (χ0) is 10.3. The Morgan fingerprint density at radius 3 is 3.07 bits per heavy atom. The summed E-state index contributed by atoms with van der Waals surface area (Å²) < 4.78 is 2.12. The predicted octanol–water partition coefficient (Wildman–Crippen LogP) is 0.729. The van der Waals surface area contributed by atoms with Crippen LogP contribution in [-0.4, -0.2) is 29.0 Å². The number of nitrogens with two attached hydrogens (primary N) is 1. The molecule has 0 amide bonds. The lowest BCUT2D eigenvalue weighted by molar-refractivity contribution is 0.416. The highest BCUT2D eigenvalue weighted by Gasteiger charge is 2.26. The molecule has 0 atom stereocenters. The second-order valence-corrected chi connectivity index (χ2v) is 4.05. The number of hydrogen-bond donors (Lipinski definition) is 1. The number of pyridine rings is 1. The Morgan fingerprint density at radius 2 is 2.27 bits per heavy atom. The summed E-state index contributed by atoms with van der Waals surface area (Å²) in [6.45, 7) is 2.91. The number of rotatable bonds is 2. The topological polar surface area (TPSA) is 46.6 Å². The summed E-state index contributed by atoms with van der Waals surface area (Å²) in [4.78, 5) is 6.61. The van der Waals surface area contributed by atoms with Gasteiger partial charge in [-0.3, -0.25) is 4.40 Å². The minimum atomic E-state index is 0.656. The Hall–Kier alpha value is -1.55. The first-order chi connectivity index (χ1) is 7.38. The van der Waals surface area contributed by atoms with Gasteiger partial charge in [-0.15, -0.1) is 0 Å². The van der Waals surface area contributed by atoms with Gasteiger partial charge in [0.2, 0.25) is 0 Å². The van der Waals surface area contributed by atoms with Gasteiger partial charge in [-0.05, 0) is 18.7 Å². The van der Waals surface area contributed by atoms with E-state index in [4.69, 9.17) is 5.73 Å². The van der Waals surface area contributed by atoms with Crippen molar-refractivity contribution in [1.29, 1.82) is 0 Å². The van der Waals surface area contributed by atoms with E-state index >= 15 is 0 Å². The molecule has 0 bridgehead atoms. The molecule has 0 radical (unpaired) electrons. The fraction of sp³-hybridized carbons (Fsp3) is 0.364. The van der Waals surface area contributed by atoms with Gasteiger partial charge in [-0.2, -0.15) is 0 Å². The molecule has 4 heteroatoms. The predicted molar refractivity (Wildman–Crippen MR) is 59.9 cm³/mol. The normalized spacial score (nSPS) is 17.0. The van der Waals surface area contributed by atoms with Gasteiger partial charge in [0.25, 0.3) is 0 Å². The molecule has 15 heavy (non-hydrogen) atoms. The number of nitrogens with zero attached hydrogens (tertiary/aromatic N) is 3. The molecule has 78 valence electrons. The summed E-state index contributed by atoms with van der Waals surface area (Å²) in [5.74, 6) is 1.87. The Bertz CT molecular complexity index is 470. The molecule has 1 fully saturated rings. The SMILES string of the molecule is NCC1CN(c2cccc3nccn23)C1. The molecule has 2 aromatic heterocycles. The van der Waals surface area contributed by atoms with Crippen molar-refractivity contribution in [2.24, 2.45) is 11.7 Å². The highest BCUT2D eigenvalue weighted by Crippen LogP contribution is 2.24. The van der Waals surface area contributed by atoms with E-state index in [2.05, 4.69) is 20.4 Å². The fourth-order valence-electron chi connectivity index (χ4n) is 2.10. The molecule has 0 unspecified atom stereocenters. The van der Waals surface area contributed by atoms with E-state index in [0.29, 0.717) is 5.92 Å². The number of fused-ring (bicyclic) bond motifs is 1. The summed E-state index contributed by atoms with van der Waals surface area (Å²) in [6, 6.07) is 6.19. The molecule has 0 aliphatic carbocycles. The third kappa shape index (κ3) is 1.29. The van der Waals surface area contributed by atoms with Crippen LogP contribution in [0.15, 0.2) is 30.6 Å². The van der Waals surface area contributed by atoms with Gasteiger partial charge in [0.1, 0.15) is 11.5 Å². The highest BCUT2D eigenvalue weighted by atomic mass is 15.3. The van der Waals surface area contributed by atoms with Gasteiger partial charge in [0.05, 0.1) is 0 Å². The Balaban J connectivity index is 1.95. The molecule has 1 saturated heterocycles. The minimum absolute atomic E-state index is 0.656. The fourth-order valence-corrected chi connectivity index (χ4v) is 2.10. The third-order valence-corrected chi connectivity index (χ3v) is 3.02. The standard InChI is InChI=1S/C11H14N4/c12-6-9-7-14(8-9)11-3-1-2-10-13-4-5-15(10)11/h1-5,9H,6-8,12H2. The van der Waals surface area contributed by atoms with Crippen molar-refractivity contribution in [1.82, 2.24) is 9.38 Å². The number of hydrogen-bond acceptors (Lipinski definition) is 3. The Labute approximate surface area is 88.3 Å². The first kappa shape index (κ1) is 8.73. The van der Waals surface area contributed by atoms with E-state index in [1.165, 1.54) is 5.82 Å². The summed E-state index contributed by atoms with van der Waals surface area (Å²) >= 11 is 0. The average molecular weight is 202 g/mol. The van der Waals surface area contributed by atoms with Crippen LogP contribution in [0, 0.1) is 5.92 Å². The zero-order valence-corrected chi connectivity index (χ0v) is 8.50. The van der Waals surface area contributed by atoms with E-state index in [1.807, 2.05) is 24.5 Å². The summed E-state index contributed by atoms with van der Waals surface area (Å²) in [5.41, 5.74) is 6.62. The van der Waals surface area contributed by atoms with Crippen LogP contribution in [0.25, 0.3) is 5.65 Å². The van der Waals surface area contributed by atoms with Crippen molar-refractivity contribution in [3.05, 3.63) is 30.6 Å². The quantitative estimate of drug-likeness (QED) is 0.781. The smallest absolute Gasteiger partial charge is 0.138 e. The van der Waals surface area contributed by atoms with E-state index < -0.39 is 0 Å². The molecule has 1 aliphatic rings. The van der Waals surface area contributed by atoms with Crippen LogP contribution in [0.2, 0.25) is 0 Å². The van der Waals surface area contributed by atoms with E-state index in [0.717, 1.165) is 25.3 Å². The molecular weight excluding hydrogens is 188 g/mol. The molecule has 0 spiro atoms. The first-order valence-corrected chi connectivity index (χ1v) is 5.25. The van der Waals surface area contributed by atoms with E-state index in [-0.39, 0.29) is 0 Å². The van der Waals surface area contributed by atoms with Gasteiger partial charge < -0.3 is 10.6 Å². The monoisotopic (exact) mass is 202 g/mol. The summed E-state index contributed by atoms with van der Waals surface area (Å²) in [5, 5.41) is 0. The van der Waals surface area contributed by atoms with Crippen molar-refractivity contribution in [3.63, 3.8) is 0 Å². The number of imidazole rings is 1. The maximum absolute atomic E-state index is 5.62. The van der Waals surface area contributed by atoms with E-state index in [1.54, 1.807) is 0 Å². The van der Waals surface area contributed by atoms with Crippen molar-refractivity contribution >= 4 is 11.5 Å². The molecule has 1 aliphatic heterocycles. The largest absolute Gasteiger partial charge is 0.357 e. The van der Waals surface area contributed by atoms with Crippen LogP contribution < -0.4 is 10.6 Å². The molecular formula is C11H14N4. The number of anilines is 1. The van der Waals surface area contributed by atoms with Crippen molar-refractivity contribution in [3.8, 4) is 0 Å². The van der Waals surface area contributed by atoms with Crippen molar-refractivity contribution in [2.45, 2.75) is 0 Å². The lowest BCUT2D eigenvalue weighted by Crippen LogP contribution is -2.50. The molecule has 0 aromatic carbocycles. The van der Waals surface area contributed by atoms with Crippen LogP contribution >= 0.6 is 0 Å². The van der Waals surface area contributed by atoms with Crippen LogP contribution in [0.1, 0.15) is 0 Å². The van der Waals surface area contributed by atoms with Crippen LogP contribution in [0.4, 0.5) is 5.82 Å². The molecule has 3 heterocycles. The molecule has 3 rings (SSSR count). The summed E-state index contributed by atoms with van der Waals surface area (Å²) in [6.07, 6.45) is 3.83. The van der Waals surface area contributed by atoms with Crippen LogP contribution in [0.3, 0.4) is 0 Å². The van der Waals surface area contributed by atoms with Crippen LogP contribution in [-0.2, 0) is 0 Å². The van der Waals surface area contributed by atoms with Gasteiger partial charge in [0, 0.05) is 31.4 Å².